The Hall–Kier alpha value is -1.56. The summed E-state index contributed by atoms with van der Waals surface area (Å²) in [5.41, 5.74) is 3.25. The highest BCUT2D eigenvalue weighted by molar-refractivity contribution is 6.30. The predicted octanol–water partition coefficient (Wildman–Crippen LogP) is 3.46. The molecule has 0 aliphatic carbocycles. The van der Waals surface area contributed by atoms with E-state index in [9.17, 15) is 5.11 Å². The van der Waals surface area contributed by atoms with Gasteiger partial charge in [0.2, 0.25) is 0 Å². The van der Waals surface area contributed by atoms with Crippen LogP contribution >= 0.6 is 11.6 Å². The zero-order valence-corrected chi connectivity index (χ0v) is 16.1. The summed E-state index contributed by atoms with van der Waals surface area (Å²) in [4.78, 5) is 5.05. The topological polar surface area (TPSA) is 44.5 Å². The molecule has 0 unspecified atom stereocenters. The monoisotopic (exact) mass is 374 g/mol. The van der Waals surface area contributed by atoms with Crippen molar-refractivity contribution in [2.75, 3.05) is 24.5 Å². The Morgan fingerprint density at radius 1 is 1.15 bits per heavy atom. The Bertz CT molecular complexity index is 752. The van der Waals surface area contributed by atoms with Crippen LogP contribution in [0.5, 0.6) is 0 Å². The number of piperidine rings is 1. The van der Waals surface area contributed by atoms with Crippen molar-refractivity contribution in [3.63, 3.8) is 0 Å². The van der Waals surface area contributed by atoms with Crippen LogP contribution in [-0.2, 0) is 13.1 Å². The van der Waals surface area contributed by atoms with E-state index in [0.717, 1.165) is 49.9 Å². The lowest BCUT2D eigenvalue weighted by Gasteiger charge is -2.39. The van der Waals surface area contributed by atoms with Crippen molar-refractivity contribution in [3.05, 3.63) is 46.7 Å². The van der Waals surface area contributed by atoms with E-state index in [1.807, 2.05) is 12.1 Å². The highest BCUT2D eigenvalue weighted by Crippen LogP contribution is 2.27. The van der Waals surface area contributed by atoms with Crippen molar-refractivity contribution >= 4 is 17.3 Å². The summed E-state index contributed by atoms with van der Waals surface area (Å²) >= 11 is 6.14. The van der Waals surface area contributed by atoms with E-state index in [0.29, 0.717) is 6.04 Å². The molecule has 2 aliphatic heterocycles. The van der Waals surface area contributed by atoms with Gasteiger partial charge in [-0.1, -0.05) is 17.7 Å². The first kappa shape index (κ1) is 17.8. The van der Waals surface area contributed by atoms with Crippen LogP contribution in [0.4, 0.5) is 5.69 Å². The SMILES string of the molecule is C[C@H](O)c1cc2n(n1)CCCN(C1CCN(c3cccc(Cl)c3)CC1)C2. The zero-order valence-electron chi connectivity index (χ0n) is 15.3. The quantitative estimate of drug-likeness (QED) is 0.893. The number of fused-ring (bicyclic) bond motifs is 1. The average Bonchev–Trinajstić information content (AvgIpc) is 2.94. The van der Waals surface area contributed by atoms with E-state index >= 15 is 0 Å². The van der Waals surface area contributed by atoms with Crippen LogP contribution in [0, 0.1) is 0 Å². The fourth-order valence-electron chi connectivity index (χ4n) is 4.19. The van der Waals surface area contributed by atoms with E-state index in [-0.39, 0.29) is 0 Å². The van der Waals surface area contributed by atoms with Crippen LogP contribution in [-0.4, -0.2) is 45.5 Å². The third-order valence-corrected chi connectivity index (χ3v) is 5.88. The van der Waals surface area contributed by atoms with Crippen molar-refractivity contribution in [1.82, 2.24) is 14.7 Å². The molecule has 5 nitrogen and oxygen atoms in total. The van der Waals surface area contributed by atoms with Crippen LogP contribution in [0.3, 0.4) is 0 Å². The van der Waals surface area contributed by atoms with Gasteiger partial charge in [0, 0.05) is 49.5 Å². The molecule has 3 heterocycles. The van der Waals surface area contributed by atoms with Gasteiger partial charge in [0.15, 0.2) is 0 Å². The Labute approximate surface area is 160 Å². The summed E-state index contributed by atoms with van der Waals surface area (Å²) in [5.74, 6) is 0. The lowest BCUT2D eigenvalue weighted by Crippen LogP contribution is -2.44. The lowest BCUT2D eigenvalue weighted by atomic mass is 10.0. The number of nitrogens with zero attached hydrogens (tertiary/aromatic N) is 4. The van der Waals surface area contributed by atoms with Gasteiger partial charge in [-0.05, 0) is 50.5 Å². The highest BCUT2D eigenvalue weighted by Gasteiger charge is 2.27. The maximum atomic E-state index is 9.81. The van der Waals surface area contributed by atoms with Crippen molar-refractivity contribution in [2.45, 2.75) is 51.4 Å². The standard InChI is InChI=1S/C20H27ClN4O/c1-15(26)20-13-19-14-24(8-3-9-25(19)22-20)17-6-10-23(11-7-17)18-5-2-4-16(21)12-18/h2,4-5,12-13,15,17,26H,3,6-11,14H2,1H3/t15-/m0/s1. The van der Waals surface area contributed by atoms with Gasteiger partial charge >= 0.3 is 0 Å². The second-order valence-corrected chi connectivity index (χ2v) is 7.92. The summed E-state index contributed by atoms with van der Waals surface area (Å²) < 4.78 is 2.09. The molecule has 140 valence electrons. The van der Waals surface area contributed by atoms with E-state index in [1.165, 1.54) is 24.2 Å². The smallest absolute Gasteiger partial charge is 0.0950 e. The summed E-state index contributed by atoms with van der Waals surface area (Å²) in [7, 11) is 0. The summed E-state index contributed by atoms with van der Waals surface area (Å²) in [6.45, 7) is 6.92. The molecular formula is C20H27ClN4O. The maximum absolute atomic E-state index is 9.81. The number of hydrogen-bond donors (Lipinski definition) is 1. The zero-order chi connectivity index (χ0) is 18.1. The molecule has 1 aromatic heterocycles. The van der Waals surface area contributed by atoms with E-state index in [1.54, 1.807) is 6.92 Å². The van der Waals surface area contributed by atoms with Gasteiger partial charge in [-0.3, -0.25) is 9.58 Å². The third-order valence-electron chi connectivity index (χ3n) is 5.64. The Morgan fingerprint density at radius 2 is 1.96 bits per heavy atom. The second-order valence-electron chi connectivity index (χ2n) is 7.48. The first-order valence-corrected chi connectivity index (χ1v) is 9.97. The molecule has 0 bridgehead atoms. The number of benzene rings is 1. The van der Waals surface area contributed by atoms with Gasteiger partial charge < -0.3 is 10.0 Å². The predicted molar refractivity (Wildman–Crippen MR) is 105 cm³/mol. The highest BCUT2D eigenvalue weighted by atomic mass is 35.5. The van der Waals surface area contributed by atoms with Crippen molar-refractivity contribution in [1.29, 1.82) is 0 Å². The number of aliphatic hydroxyl groups excluding tert-OH is 1. The van der Waals surface area contributed by atoms with Crippen molar-refractivity contribution in [2.24, 2.45) is 0 Å². The molecule has 0 spiro atoms. The number of aryl methyl sites for hydroxylation is 1. The lowest BCUT2D eigenvalue weighted by molar-refractivity contribution is 0.162. The van der Waals surface area contributed by atoms with E-state index < -0.39 is 6.10 Å². The first-order chi connectivity index (χ1) is 12.6. The number of aliphatic hydroxyl groups is 1. The minimum atomic E-state index is -0.496. The van der Waals surface area contributed by atoms with Crippen molar-refractivity contribution < 1.29 is 5.11 Å². The van der Waals surface area contributed by atoms with Crippen LogP contribution < -0.4 is 4.90 Å². The molecule has 6 heteroatoms. The van der Waals surface area contributed by atoms with Gasteiger partial charge in [-0.25, -0.2) is 0 Å². The van der Waals surface area contributed by atoms with Crippen LogP contribution in [0.15, 0.2) is 30.3 Å². The fraction of sp³-hybridized carbons (Fsp3) is 0.550. The molecule has 1 saturated heterocycles. The molecule has 1 aromatic carbocycles. The third kappa shape index (κ3) is 3.75. The summed E-state index contributed by atoms with van der Waals surface area (Å²) in [6.07, 6.45) is 2.96. The number of anilines is 1. The average molecular weight is 375 g/mol. The van der Waals surface area contributed by atoms with Crippen LogP contribution in [0.25, 0.3) is 0 Å². The maximum Gasteiger partial charge on any atom is 0.0950 e. The van der Waals surface area contributed by atoms with Crippen LogP contribution in [0.1, 0.15) is 43.7 Å². The van der Waals surface area contributed by atoms with Gasteiger partial charge in [0.1, 0.15) is 0 Å². The molecule has 1 N–H and O–H groups in total. The van der Waals surface area contributed by atoms with Crippen molar-refractivity contribution in [3.8, 4) is 0 Å². The van der Waals surface area contributed by atoms with Gasteiger partial charge in [0.05, 0.1) is 17.5 Å². The molecule has 0 amide bonds. The molecule has 1 fully saturated rings. The normalized spacial score (nSPS) is 20.7. The number of aromatic nitrogens is 2. The molecular weight excluding hydrogens is 348 g/mol. The second kappa shape index (κ2) is 7.59. The number of hydrogen-bond acceptors (Lipinski definition) is 4. The molecule has 2 aliphatic rings. The Kier molecular flexibility index (Phi) is 5.20. The van der Waals surface area contributed by atoms with Gasteiger partial charge in [-0.2, -0.15) is 5.10 Å². The Morgan fingerprint density at radius 3 is 2.69 bits per heavy atom. The molecule has 4 rings (SSSR count). The van der Waals surface area contributed by atoms with Gasteiger partial charge in [0.25, 0.3) is 0 Å². The minimum Gasteiger partial charge on any atom is -0.387 e. The molecule has 2 aromatic rings. The number of rotatable bonds is 3. The fourth-order valence-corrected chi connectivity index (χ4v) is 4.37. The van der Waals surface area contributed by atoms with E-state index in [4.69, 9.17) is 11.6 Å². The minimum absolute atomic E-state index is 0.496. The largest absolute Gasteiger partial charge is 0.387 e. The van der Waals surface area contributed by atoms with Gasteiger partial charge in [-0.15, -0.1) is 0 Å². The number of halogens is 1. The molecule has 26 heavy (non-hydrogen) atoms. The summed E-state index contributed by atoms with van der Waals surface area (Å²) in [6, 6.07) is 10.9. The molecule has 0 radical (unpaired) electrons. The Balaban J connectivity index is 1.41. The van der Waals surface area contributed by atoms with E-state index in [2.05, 4.69) is 37.8 Å². The van der Waals surface area contributed by atoms with Crippen LogP contribution in [0.2, 0.25) is 5.02 Å². The molecule has 1 atom stereocenters. The molecule has 0 saturated carbocycles. The summed E-state index contributed by atoms with van der Waals surface area (Å²) in [5, 5.41) is 15.2. The first-order valence-electron chi connectivity index (χ1n) is 9.59.